The van der Waals surface area contributed by atoms with E-state index in [9.17, 15) is 8.42 Å². The van der Waals surface area contributed by atoms with Gasteiger partial charge in [-0.1, -0.05) is 4.68 Å². The molecule has 9 nitrogen and oxygen atoms in total. The van der Waals surface area contributed by atoms with Crippen molar-refractivity contribution in [1.82, 2.24) is 15.1 Å². The number of hydrogen-bond acceptors (Lipinski definition) is 7. The van der Waals surface area contributed by atoms with Gasteiger partial charge < -0.3 is 11.5 Å². The van der Waals surface area contributed by atoms with Crippen LogP contribution in [0, 0.1) is 0 Å². The molecule has 10 heteroatoms. The first-order valence-corrected chi connectivity index (χ1v) is 7.16. The molecule has 0 saturated carbocycles. The number of nitrogens with two attached hydrogens (primary N) is 2. The molecule has 0 aliphatic heterocycles. The van der Waals surface area contributed by atoms with Gasteiger partial charge in [0.1, 0.15) is 11.6 Å². The molecule has 0 radical (unpaired) electrons. The molecule has 5 N–H and O–H groups in total. The van der Waals surface area contributed by atoms with Crippen LogP contribution in [0.15, 0.2) is 24.5 Å². The van der Waals surface area contributed by atoms with Crippen LogP contribution in [0.4, 0.5) is 11.8 Å². The van der Waals surface area contributed by atoms with E-state index < -0.39 is 15.9 Å². The highest BCUT2D eigenvalue weighted by molar-refractivity contribution is 7.85. The Hall–Kier alpha value is -2.33. The van der Waals surface area contributed by atoms with Crippen LogP contribution in [0.3, 0.4) is 0 Å². The van der Waals surface area contributed by atoms with Gasteiger partial charge in [0.15, 0.2) is 6.54 Å². The third-order valence-corrected chi connectivity index (χ3v) is 3.09. The Kier molecular flexibility index (Phi) is 3.77. The molecule has 0 aliphatic rings. The van der Waals surface area contributed by atoms with Crippen LogP contribution in [0.25, 0.3) is 11.3 Å². The van der Waals surface area contributed by atoms with Crippen molar-refractivity contribution in [3.05, 3.63) is 24.5 Å². The molecule has 0 aromatic carbocycles. The van der Waals surface area contributed by atoms with Crippen LogP contribution in [0.1, 0.15) is 0 Å². The summed E-state index contributed by atoms with van der Waals surface area (Å²) in [6.07, 6.45) is 3.06. The van der Waals surface area contributed by atoms with Gasteiger partial charge in [0.2, 0.25) is 12.1 Å². The second kappa shape index (κ2) is 5.35. The highest BCUT2D eigenvalue weighted by Gasteiger charge is 2.13. The maximum absolute atomic E-state index is 10.7. The summed E-state index contributed by atoms with van der Waals surface area (Å²) in [5.74, 6) is -0.155. The molecule has 0 saturated heterocycles. The number of rotatable bonds is 4. The molecule has 2 aromatic heterocycles. The number of nitrogens with zero attached hydrogens (tertiary/aromatic N) is 4. The number of anilines is 2. The predicted octanol–water partition coefficient (Wildman–Crippen LogP) is -1.12. The lowest BCUT2D eigenvalue weighted by Crippen LogP contribution is -2.40. The molecule has 0 atom stereocenters. The van der Waals surface area contributed by atoms with Gasteiger partial charge in [-0.05, 0) is 11.2 Å². The summed E-state index contributed by atoms with van der Waals surface area (Å²) in [6.45, 7) is 0.0166. The zero-order valence-electron chi connectivity index (χ0n) is 10.3. The predicted molar refractivity (Wildman–Crippen MR) is 70.7 cm³/mol. The summed E-state index contributed by atoms with van der Waals surface area (Å²) in [7, 11) is -4.04. The number of hydrogen-bond donors (Lipinski definition) is 3. The van der Waals surface area contributed by atoms with Crippen LogP contribution in [-0.2, 0) is 16.7 Å². The fourth-order valence-electron chi connectivity index (χ4n) is 1.55. The molecule has 2 rings (SSSR count). The van der Waals surface area contributed by atoms with E-state index in [1.807, 2.05) is 0 Å². The van der Waals surface area contributed by atoms with E-state index in [-0.39, 0.29) is 18.3 Å². The SMILES string of the molecule is Nc1cc(-c2ccn[n+](CCS(=O)(=O)O)c2)nc(N)n1. The van der Waals surface area contributed by atoms with Gasteiger partial charge in [0, 0.05) is 6.07 Å². The van der Waals surface area contributed by atoms with E-state index in [2.05, 4.69) is 15.1 Å². The van der Waals surface area contributed by atoms with Crippen molar-refractivity contribution in [3.63, 3.8) is 0 Å². The van der Waals surface area contributed by atoms with E-state index in [1.54, 1.807) is 18.3 Å². The zero-order chi connectivity index (χ0) is 14.8. The van der Waals surface area contributed by atoms with Gasteiger partial charge in [-0.2, -0.15) is 13.4 Å². The lowest BCUT2D eigenvalue weighted by atomic mass is 10.2. The van der Waals surface area contributed by atoms with Crippen molar-refractivity contribution >= 4 is 21.9 Å². The van der Waals surface area contributed by atoms with E-state index in [1.165, 1.54) is 10.9 Å². The Morgan fingerprint density at radius 1 is 1.30 bits per heavy atom. The second-order valence-corrected chi connectivity index (χ2v) is 5.57. The quantitative estimate of drug-likeness (QED) is 0.474. The van der Waals surface area contributed by atoms with Gasteiger partial charge >= 0.3 is 0 Å². The van der Waals surface area contributed by atoms with Crippen molar-refractivity contribution in [2.24, 2.45) is 0 Å². The van der Waals surface area contributed by atoms with Crippen molar-refractivity contribution in [3.8, 4) is 11.3 Å². The molecule has 0 bridgehead atoms. The largest absolute Gasteiger partial charge is 0.384 e. The summed E-state index contributed by atoms with van der Waals surface area (Å²) in [5, 5.41) is 3.95. The molecule has 106 valence electrons. The van der Waals surface area contributed by atoms with Gasteiger partial charge in [0.05, 0.1) is 17.5 Å². The van der Waals surface area contributed by atoms with Crippen molar-refractivity contribution in [1.29, 1.82) is 0 Å². The fourth-order valence-corrected chi connectivity index (χ4v) is 1.97. The normalized spacial score (nSPS) is 11.4. The monoisotopic (exact) mass is 297 g/mol. The summed E-state index contributed by atoms with van der Waals surface area (Å²) in [4.78, 5) is 7.79. The minimum atomic E-state index is -4.04. The van der Waals surface area contributed by atoms with Crippen LogP contribution < -0.4 is 16.1 Å². The van der Waals surface area contributed by atoms with E-state index in [0.29, 0.717) is 11.3 Å². The highest BCUT2D eigenvalue weighted by Crippen LogP contribution is 2.17. The molecule has 0 amide bonds. The van der Waals surface area contributed by atoms with Gasteiger partial charge in [-0.15, -0.1) is 0 Å². The number of nitrogen functional groups attached to an aromatic ring is 2. The first kappa shape index (κ1) is 14.1. The Balaban J connectivity index is 2.29. The minimum Gasteiger partial charge on any atom is -0.384 e. The first-order valence-electron chi connectivity index (χ1n) is 5.55. The van der Waals surface area contributed by atoms with Crippen molar-refractivity contribution < 1.29 is 17.7 Å². The molecule has 0 fully saturated rings. The molecule has 2 heterocycles. The zero-order valence-corrected chi connectivity index (χ0v) is 11.2. The smallest absolute Gasteiger partial charge is 0.271 e. The minimum absolute atomic E-state index is 0.0166. The van der Waals surface area contributed by atoms with Gasteiger partial charge in [-0.25, -0.2) is 4.98 Å². The molecular formula is C10H13N6O3S+. The van der Waals surface area contributed by atoms with Crippen LogP contribution in [0.5, 0.6) is 0 Å². The fraction of sp³-hybridized carbons (Fsp3) is 0.200. The van der Waals surface area contributed by atoms with E-state index in [0.717, 1.165) is 0 Å². The van der Waals surface area contributed by atoms with E-state index >= 15 is 0 Å². The molecule has 2 aromatic rings. The summed E-state index contributed by atoms with van der Waals surface area (Å²) in [6, 6.07) is 3.21. The highest BCUT2D eigenvalue weighted by atomic mass is 32.2. The third-order valence-electron chi connectivity index (χ3n) is 2.39. The Morgan fingerprint density at radius 2 is 2.05 bits per heavy atom. The molecular weight excluding hydrogens is 284 g/mol. The average molecular weight is 297 g/mol. The topological polar surface area (TPSA) is 149 Å². The van der Waals surface area contributed by atoms with E-state index in [4.69, 9.17) is 16.0 Å². The van der Waals surface area contributed by atoms with Crippen LogP contribution in [-0.4, -0.2) is 33.8 Å². The third kappa shape index (κ3) is 3.83. The Labute approximate surface area is 115 Å². The molecule has 0 aliphatic carbocycles. The molecule has 20 heavy (non-hydrogen) atoms. The standard InChI is InChI=1S/C10H12N6O3S/c11-9-5-8(14-10(12)15-9)7-1-2-13-16(6-7)3-4-20(17,18)19/h1-2,5-6H,3-4H2,(H4-,11,12,14,15,17,18,19)/p+1. The summed E-state index contributed by atoms with van der Waals surface area (Å²) >= 11 is 0. The van der Waals surface area contributed by atoms with Gasteiger partial charge in [0.25, 0.3) is 10.1 Å². The summed E-state index contributed by atoms with van der Waals surface area (Å²) in [5.41, 5.74) is 12.2. The first-order chi connectivity index (χ1) is 9.33. The lowest BCUT2D eigenvalue weighted by Gasteiger charge is -2.01. The number of aryl methyl sites for hydroxylation is 1. The van der Waals surface area contributed by atoms with Crippen LogP contribution >= 0.6 is 0 Å². The molecule has 0 spiro atoms. The van der Waals surface area contributed by atoms with Gasteiger partial charge in [-0.3, -0.25) is 4.55 Å². The maximum atomic E-state index is 10.7. The second-order valence-electron chi connectivity index (χ2n) is 4.00. The lowest BCUT2D eigenvalue weighted by molar-refractivity contribution is -0.749. The Bertz CT molecular complexity index is 713. The number of aromatic nitrogens is 4. The Morgan fingerprint density at radius 3 is 2.70 bits per heavy atom. The summed E-state index contributed by atoms with van der Waals surface area (Å²) < 4.78 is 31.5. The van der Waals surface area contributed by atoms with Crippen molar-refractivity contribution in [2.45, 2.75) is 6.54 Å². The molecule has 0 unspecified atom stereocenters. The maximum Gasteiger partial charge on any atom is 0.271 e. The average Bonchev–Trinajstić information content (AvgIpc) is 2.35. The van der Waals surface area contributed by atoms with Crippen molar-refractivity contribution in [2.75, 3.05) is 17.2 Å². The van der Waals surface area contributed by atoms with Crippen LogP contribution in [0.2, 0.25) is 0 Å².